The molecule has 0 spiro atoms. The van der Waals surface area contributed by atoms with Crippen LogP contribution in [0.2, 0.25) is 5.02 Å². The average Bonchev–Trinajstić information content (AvgIpc) is 2.77. The molecule has 2 rings (SSSR count). The Kier molecular flexibility index (Phi) is 4.04. The molecule has 0 aliphatic heterocycles. The number of aryl methyl sites for hydroxylation is 2. The number of aromatic nitrogens is 2. The molecule has 1 heterocycles. The number of rotatable bonds is 4. The minimum atomic E-state index is -0.705. The summed E-state index contributed by atoms with van der Waals surface area (Å²) < 4.78 is 1.98. The minimum absolute atomic E-state index is 0.681. The summed E-state index contributed by atoms with van der Waals surface area (Å²) in [5.74, 6) is 0.683. The molecule has 18 heavy (non-hydrogen) atoms. The molecular formula is C14H17ClN2O. The van der Waals surface area contributed by atoms with Gasteiger partial charge in [0.05, 0.1) is 0 Å². The zero-order valence-corrected chi connectivity index (χ0v) is 11.4. The lowest BCUT2D eigenvalue weighted by Gasteiger charge is -2.15. The Morgan fingerprint density at radius 1 is 1.44 bits per heavy atom. The number of imidazole rings is 1. The molecule has 0 aliphatic carbocycles. The first kappa shape index (κ1) is 13.1. The van der Waals surface area contributed by atoms with Gasteiger partial charge in [0, 0.05) is 24.0 Å². The second-order valence-electron chi connectivity index (χ2n) is 4.38. The van der Waals surface area contributed by atoms with Crippen molar-refractivity contribution in [2.24, 2.45) is 0 Å². The normalized spacial score (nSPS) is 12.7. The lowest BCUT2D eigenvalue weighted by Crippen LogP contribution is -2.10. The number of aliphatic hydroxyl groups is 1. The van der Waals surface area contributed by atoms with Gasteiger partial charge < -0.3 is 9.67 Å². The van der Waals surface area contributed by atoms with Gasteiger partial charge in [-0.25, -0.2) is 4.98 Å². The van der Waals surface area contributed by atoms with Gasteiger partial charge in [0.1, 0.15) is 11.9 Å². The fraction of sp³-hybridized carbons (Fsp3) is 0.357. The molecule has 0 bridgehead atoms. The summed E-state index contributed by atoms with van der Waals surface area (Å²) in [6.45, 7) is 4.90. The van der Waals surface area contributed by atoms with Crippen molar-refractivity contribution in [1.29, 1.82) is 0 Å². The van der Waals surface area contributed by atoms with E-state index in [-0.39, 0.29) is 0 Å². The lowest BCUT2D eigenvalue weighted by atomic mass is 10.0. The van der Waals surface area contributed by atoms with E-state index in [0.29, 0.717) is 10.8 Å². The van der Waals surface area contributed by atoms with Crippen molar-refractivity contribution in [1.82, 2.24) is 9.55 Å². The molecular weight excluding hydrogens is 248 g/mol. The third-order valence-corrected chi connectivity index (χ3v) is 3.22. The first-order chi connectivity index (χ1) is 8.63. The van der Waals surface area contributed by atoms with Crippen molar-refractivity contribution in [3.05, 3.63) is 52.6 Å². The highest BCUT2D eigenvalue weighted by molar-refractivity contribution is 6.30. The van der Waals surface area contributed by atoms with Crippen LogP contribution in [0.15, 0.2) is 30.6 Å². The van der Waals surface area contributed by atoms with Crippen LogP contribution in [-0.4, -0.2) is 14.7 Å². The molecule has 4 heteroatoms. The monoisotopic (exact) mass is 264 g/mol. The summed E-state index contributed by atoms with van der Waals surface area (Å²) in [5.41, 5.74) is 1.82. The van der Waals surface area contributed by atoms with Crippen molar-refractivity contribution >= 4 is 11.6 Å². The van der Waals surface area contributed by atoms with Gasteiger partial charge in [0.25, 0.3) is 0 Å². The Morgan fingerprint density at radius 3 is 2.89 bits per heavy atom. The third-order valence-electron chi connectivity index (χ3n) is 2.98. The van der Waals surface area contributed by atoms with Crippen molar-refractivity contribution in [2.45, 2.75) is 32.9 Å². The Balaban J connectivity index is 2.35. The van der Waals surface area contributed by atoms with Gasteiger partial charge in [-0.05, 0) is 36.6 Å². The van der Waals surface area contributed by atoms with Crippen molar-refractivity contribution in [3.8, 4) is 0 Å². The van der Waals surface area contributed by atoms with Crippen LogP contribution in [0.3, 0.4) is 0 Å². The van der Waals surface area contributed by atoms with Crippen molar-refractivity contribution < 1.29 is 5.11 Å². The number of benzene rings is 1. The van der Waals surface area contributed by atoms with Crippen molar-refractivity contribution in [2.75, 3.05) is 0 Å². The smallest absolute Gasteiger partial charge is 0.142 e. The van der Waals surface area contributed by atoms with Gasteiger partial charge in [-0.1, -0.05) is 24.6 Å². The van der Waals surface area contributed by atoms with Gasteiger partial charge in [-0.3, -0.25) is 0 Å². The maximum Gasteiger partial charge on any atom is 0.142 e. The minimum Gasteiger partial charge on any atom is -0.380 e. The molecule has 0 saturated heterocycles. The lowest BCUT2D eigenvalue weighted by molar-refractivity contribution is 0.203. The maximum absolute atomic E-state index is 10.4. The molecule has 3 nitrogen and oxygen atoms in total. The van der Waals surface area contributed by atoms with E-state index < -0.39 is 6.10 Å². The molecule has 0 aliphatic rings. The maximum atomic E-state index is 10.4. The van der Waals surface area contributed by atoms with Gasteiger partial charge >= 0.3 is 0 Å². The van der Waals surface area contributed by atoms with Crippen LogP contribution in [0.4, 0.5) is 0 Å². The average molecular weight is 265 g/mol. The predicted octanol–water partition coefficient (Wildman–Crippen LogP) is 3.34. The van der Waals surface area contributed by atoms with E-state index in [9.17, 15) is 5.11 Å². The zero-order valence-electron chi connectivity index (χ0n) is 10.6. The van der Waals surface area contributed by atoms with Crippen LogP contribution in [0.5, 0.6) is 0 Å². The van der Waals surface area contributed by atoms with E-state index in [2.05, 4.69) is 11.9 Å². The Bertz CT molecular complexity index is 536. The fourth-order valence-corrected chi connectivity index (χ4v) is 2.31. The van der Waals surface area contributed by atoms with E-state index in [4.69, 9.17) is 11.6 Å². The highest BCUT2D eigenvalue weighted by Gasteiger charge is 2.17. The quantitative estimate of drug-likeness (QED) is 0.920. The first-order valence-corrected chi connectivity index (χ1v) is 6.46. The van der Waals surface area contributed by atoms with Crippen LogP contribution in [0.1, 0.15) is 36.4 Å². The molecule has 1 aromatic carbocycles. The van der Waals surface area contributed by atoms with Gasteiger partial charge in [-0.15, -0.1) is 0 Å². The van der Waals surface area contributed by atoms with Crippen LogP contribution in [-0.2, 0) is 6.54 Å². The van der Waals surface area contributed by atoms with Gasteiger partial charge in [0.2, 0.25) is 0 Å². The van der Waals surface area contributed by atoms with Gasteiger partial charge in [-0.2, -0.15) is 0 Å². The van der Waals surface area contributed by atoms with Crippen LogP contribution >= 0.6 is 11.6 Å². The summed E-state index contributed by atoms with van der Waals surface area (Å²) in [4.78, 5) is 4.25. The second-order valence-corrected chi connectivity index (χ2v) is 4.82. The molecule has 1 atom stereocenters. The van der Waals surface area contributed by atoms with E-state index in [1.165, 1.54) is 0 Å². The molecule has 1 unspecified atom stereocenters. The van der Waals surface area contributed by atoms with Crippen LogP contribution < -0.4 is 0 Å². The Labute approximate surface area is 112 Å². The van der Waals surface area contributed by atoms with Gasteiger partial charge in [0.15, 0.2) is 0 Å². The molecule has 1 aromatic heterocycles. The number of hydrogen-bond acceptors (Lipinski definition) is 2. The number of halogens is 1. The third kappa shape index (κ3) is 2.57. The highest BCUT2D eigenvalue weighted by Crippen LogP contribution is 2.25. The largest absolute Gasteiger partial charge is 0.380 e. The highest BCUT2D eigenvalue weighted by atomic mass is 35.5. The van der Waals surface area contributed by atoms with Crippen molar-refractivity contribution in [3.63, 3.8) is 0 Å². The standard InChI is InChI=1S/C14H17ClN2O/c1-3-7-17-8-6-16-14(17)13(18)12-5-4-11(15)9-10(12)2/h4-6,8-9,13,18H,3,7H2,1-2H3. The SMILES string of the molecule is CCCn1ccnc1C(O)c1ccc(Cl)cc1C. The number of nitrogens with zero attached hydrogens (tertiary/aromatic N) is 2. The number of aliphatic hydroxyl groups excluding tert-OH is 1. The molecule has 0 fully saturated rings. The molecule has 0 radical (unpaired) electrons. The Hall–Kier alpha value is -1.32. The Morgan fingerprint density at radius 2 is 2.22 bits per heavy atom. The topological polar surface area (TPSA) is 38.0 Å². The summed E-state index contributed by atoms with van der Waals surface area (Å²) in [6.07, 6.45) is 3.92. The van der Waals surface area contributed by atoms with E-state index in [0.717, 1.165) is 24.1 Å². The molecule has 0 saturated carbocycles. The molecule has 96 valence electrons. The van der Waals surface area contributed by atoms with E-state index >= 15 is 0 Å². The summed E-state index contributed by atoms with van der Waals surface area (Å²) in [6, 6.07) is 5.50. The summed E-state index contributed by atoms with van der Waals surface area (Å²) in [7, 11) is 0. The van der Waals surface area contributed by atoms with E-state index in [1.807, 2.05) is 29.8 Å². The predicted molar refractivity (Wildman–Crippen MR) is 72.8 cm³/mol. The first-order valence-electron chi connectivity index (χ1n) is 6.08. The van der Waals surface area contributed by atoms with Crippen LogP contribution in [0.25, 0.3) is 0 Å². The molecule has 2 aromatic rings. The molecule has 1 N–H and O–H groups in total. The second kappa shape index (κ2) is 5.55. The van der Waals surface area contributed by atoms with Crippen LogP contribution in [0, 0.1) is 6.92 Å². The molecule has 0 amide bonds. The summed E-state index contributed by atoms with van der Waals surface area (Å²) >= 11 is 5.93. The number of hydrogen-bond donors (Lipinski definition) is 1. The fourth-order valence-electron chi connectivity index (χ4n) is 2.08. The summed E-state index contributed by atoms with van der Waals surface area (Å²) in [5, 5.41) is 11.1. The zero-order chi connectivity index (χ0) is 13.1. The van der Waals surface area contributed by atoms with E-state index in [1.54, 1.807) is 12.3 Å².